The number of carbonyl (C=O) groups excluding carboxylic acids is 1. The largest absolute Gasteiger partial charge is 0.481 e. The van der Waals surface area contributed by atoms with Crippen molar-refractivity contribution >= 4 is 29.6 Å². The minimum Gasteiger partial charge on any atom is -0.481 e. The van der Waals surface area contributed by atoms with Crippen LogP contribution in [0.3, 0.4) is 0 Å². The van der Waals surface area contributed by atoms with Crippen LogP contribution in [-0.4, -0.2) is 23.0 Å². The van der Waals surface area contributed by atoms with Gasteiger partial charge in [-0.15, -0.1) is 0 Å². The lowest BCUT2D eigenvalue weighted by Crippen LogP contribution is -2.39. The lowest BCUT2D eigenvalue weighted by atomic mass is 10.0. The Kier molecular flexibility index (Phi) is 4.79. The first-order valence-corrected chi connectivity index (χ1v) is 6.91. The average Bonchev–Trinajstić information content (AvgIpc) is 2.86. The SMILES string of the molecule is O=C(C=Cc1ccc(Cl)cc1)NC1CCCC1C(=O)O. The van der Waals surface area contributed by atoms with Crippen molar-refractivity contribution < 1.29 is 14.7 Å². The summed E-state index contributed by atoms with van der Waals surface area (Å²) in [5.74, 6) is -1.57. The van der Waals surface area contributed by atoms with Crippen LogP contribution in [0.2, 0.25) is 5.02 Å². The molecule has 20 heavy (non-hydrogen) atoms. The molecule has 1 fully saturated rings. The van der Waals surface area contributed by atoms with E-state index in [1.807, 2.05) is 12.1 Å². The number of carboxylic acid groups (broad SMARTS) is 1. The molecule has 1 aromatic carbocycles. The number of halogens is 1. The van der Waals surface area contributed by atoms with Gasteiger partial charge in [-0.1, -0.05) is 30.2 Å². The van der Waals surface area contributed by atoms with Gasteiger partial charge in [-0.25, -0.2) is 0 Å². The summed E-state index contributed by atoms with van der Waals surface area (Å²) in [6, 6.07) is 6.84. The number of nitrogens with one attached hydrogen (secondary N) is 1. The average molecular weight is 294 g/mol. The first-order chi connectivity index (χ1) is 9.56. The van der Waals surface area contributed by atoms with Crippen LogP contribution >= 0.6 is 11.6 Å². The lowest BCUT2D eigenvalue weighted by Gasteiger charge is -2.16. The second-order valence-corrected chi connectivity index (χ2v) is 5.31. The van der Waals surface area contributed by atoms with Crippen LogP contribution in [0.5, 0.6) is 0 Å². The molecule has 0 heterocycles. The van der Waals surface area contributed by atoms with Crippen molar-refractivity contribution in [1.29, 1.82) is 0 Å². The molecule has 4 nitrogen and oxygen atoms in total. The molecule has 2 unspecified atom stereocenters. The molecular weight excluding hydrogens is 278 g/mol. The number of hydrogen-bond donors (Lipinski definition) is 2. The van der Waals surface area contributed by atoms with Crippen LogP contribution in [0.15, 0.2) is 30.3 Å². The molecule has 0 radical (unpaired) electrons. The van der Waals surface area contributed by atoms with Crippen LogP contribution in [0.25, 0.3) is 6.08 Å². The standard InChI is InChI=1S/C15H16ClNO3/c16-11-7-4-10(5-8-11)6-9-14(18)17-13-3-1-2-12(13)15(19)20/h4-9,12-13H,1-3H2,(H,17,18)(H,19,20). The van der Waals surface area contributed by atoms with E-state index in [2.05, 4.69) is 5.32 Å². The molecule has 0 saturated heterocycles. The Morgan fingerprint density at radius 2 is 1.95 bits per heavy atom. The molecule has 1 aromatic rings. The van der Waals surface area contributed by atoms with E-state index in [9.17, 15) is 9.59 Å². The van der Waals surface area contributed by atoms with E-state index in [1.165, 1.54) is 6.08 Å². The van der Waals surface area contributed by atoms with Gasteiger partial charge < -0.3 is 10.4 Å². The Morgan fingerprint density at radius 3 is 2.60 bits per heavy atom. The molecule has 0 bridgehead atoms. The van der Waals surface area contributed by atoms with Gasteiger partial charge in [0.2, 0.25) is 5.91 Å². The van der Waals surface area contributed by atoms with Crippen molar-refractivity contribution in [3.05, 3.63) is 40.9 Å². The number of benzene rings is 1. The third-order valence-electron chi connectivity index (χ3n) is 3.46. The van der Waals surface area contributed by atoms with Crippen LogP contribution in [0.1, 0.15) is 24.8 Å². The normalized spacial score (nSPS) is 22.1. The number of aliphatic carboxylic acids is 1. The zero-order valence-corrected chi connectivity index (χ0v) is 11.6. The molecule has 1 saturated carbocycles. The Morgan fingerprint density at radius 1 is 1.25 bits per heavy atom. The van der Waals surface area contributed by atoms with E-state index in [1.54, 1.807) is 18.2 Å². The first-order valence-electron chi connectivity index (χ1n) is 6.53. The number of carbonyl (C=O) groups is 2. The molecule has 5 heteroatoms. The summed E-state index contributed by atoms with van der Waals surface area (Å²) in [7, 11) is 0. The highest BCUT2D eigenvalue weighted by Crippen LogP contribution is 2.25. The van der Waals surface area contributed by atoms with Gasteiger partial charge in [0.1, 0.15) is 0 Å². The van der Waals surface area contributed by atoms with E-state index in [0.29, 0.717) is 11.4 Å². The van der Waals surface area contributed by atoms with Gasteiger partial charge >= 0.3 is 5.97 Å². The van der Waals surface area contributed by atoms with Crippen LogP contribution in [-0.2, 0) is 9.59 Å². The molecular formula is C15H16ClNO3. The van der Waals surface area contributed by atoms with Gasteiger partial charge in [-0.2, -0.15) is 0 Å². The Hall–Kier alpha value is -1.81. The van der Waals surface area contributed by atoms with Gasteiger partial charge in [-0.3, -0.25) is 9.59 Å². The lowest BCUT2D eigenvalue weighted by molar-refractivity contribution is -0.142. The monoisotopic (exact) mass is 293 g/mol. The molecule has 0 spiro atoms. The van der Waals surface area contributed by atoms with E-state index in [-0.39, 0.29) is 11.9 Å². The smallest absolute Gasteiger partial charge is 0.308 e. The molecule has 2 N–H and O–H groups in total. The van der Waals surface area contributed by atoms with Gasteiger partial charge in [0.05, 0.1) is 5.92 Å². The van der Waals surface area contributed by atoms with Crippen molar-refractivity contribution in [2.24, 2.45) is 5.92 Å². The fraction of sp³-hybridized carbons (Fsp3) is 0.333. The van der Waals surface area contributed by atoms with E-state index in [4.69, 9.17) is 16.7 Å². The van der Waals surface area contributed by atoms with Gasteiger partial charge in [0.25, 0.3) is 0 Å². The molecule has 0 aliphatic heterocycles. The predicted molar refractivity (Wildman–Crippen MR) is 77.4 cm³/mol. The van der Waals surface area contributed by atoms with Crippen molar-refractivity contribution in [3.63, 3.8) is 0 Å². The molecule has 2 rings (SSSR count). The summed E-state index contributed by atoms with van der Waals surface area (Å²) < 4.78 is 0. The van der Waals surface area contributed by atoms with Crippen molar-refractivity contribution in [2.45, 2.75) is 25.3 Å². The first kappa shape index (κ1) is 14.6. The Balaban J connectivity index is 1.92. The minimum atomic E-state index is -0.838. The fourth-order valence-corrected chi connectivity index (χ4v) is 2.53. The number of rotatable bonds is 4. The molecule has 106 valence electrons. The maximum Gasteiger partial charge on any atom is 0.308 e. The van der Waals surface area contributed by atoms with Crippen LogP contribution in [0.4, 0.5) is 0 Å². The number of amides is 1. The van der Waals surface area contributed by atoms with Crippen LogP contribution in [0, 0.1) is 5.92 Å². The topological polar surface area (TPSA) is 66.4 Å². The van der Waals surface area contributed by atoms with E-state index < -0.39 is 11.9 Å². The second-order valence-electron chi connectivity index (χ2n) is 4.88. The molecule has 1 amide bonds. The Labute approximate surface area is 122 Å². The predicted octanol–water partition coefficient (Wildman–Crippen LogP) is 2.72. The third-order valence-corrected chi connectivity index (χ3v) is 3.71. The number of hydrogen-bond acceptors (Lipinski definition) is 2. The molecule has 2 atom stereocenters. The maximum atomic E-state index is 11.8. The quantitative estimate of drug-likeness (QED) is 0.839. The molecule has 1 aliphatic rings. The molecule has 0 aromatic heterocycles. The third kappa shape index (κ3) is 3.84. The van der Waals surface area contributed by atoms with Crippen LogP contribution < -0.4 is 5.32 Å². The van der Waals surface area contributed by atoms with Gasteiger partial charge in [0, 0.05) is 17.1 Å². The Bertz CT molecular complexity index is 524. The van der Waals surface area contributed by atoms with Crippen molar-refractivity contribution in [3.8, 4) is 0 Å². The highest BCUT2D eigenvalue weighted by molar-refractivity contribution is 6.30. The summed E-state index contributed by atoms with van der Waals surface area (Å²) in [5.41, 5.74) is 0.866. The van der Waals surface area contributed by atoms with Crippen molar-refractivity contribution in [2.75, 3.05) is 0 Å². The summed E-state index contributed by atoms with van der Waals surface area (Å²) in [5, 5.41) is 12.4. The summed E-state index contributed by atoms with van der Waals surface area (Å²) in [6.45, 7) is 0. The zero-order valence-electron chi connectivity index (χ0n) is 10.9. The highest BCUT2D eigenvalue weighted by Gasteiger charge is 2.33. The maximum absolute atomic E-state index is 11.8. The minimum absolute atomic E-state index is 0.266. The second kappa shape index (κ2) is 6.57. The number of carboxylic acids is 1. The van der Waals surface area contributed by atoms with E-state index in [0.717, 1.165) is 18.4 Å². The molecule has 1 aliphatic carbocycles. The van der Waals surface area contributed by atoms with Gasteiger partial charge in [-0.05, 0) is 36.6 Å². The highest BCUT2D eigenvalue weighted by atomic mass is 35.5. The summed E-state index contributed by atoms with van der Waals surface area (Å²) in [6.07, 6.45) is 5.28. The van der Waals surface area contributed by atoms with Gasteiger partial charge in [0.15, 0.2) is 0 Å². The summed E-state index contributed by atoms with van der Waals surface area (Å²) in [4.78, 5) is 22.8. The zero-order chi connectivity index (χ0) is 14.5. The fourth-order valence-electron chi connectivity index (χ4n) is 2.41. The van der Waals surface area contributed by atoms with Crippen molar-refractivity contribution in [1.82, 2.24) is 5.32 Å². The van der Waals surface area contributed by atoms with E-state index >= 15 is 0 Å². The summed E-state index contributed by atoms with van der Waals surface area (Å²) >= 11 is 5.77.